The third-order valence-electron chi connectivity index (χ3n) is 3.79. The van der Waals surface area contributed by atoms with Gasteiger partial charge in [-0.3, -0.25) is 9.59 Å². The smallest absolute Gasteiger partial charge is 0.261 e. The van der Waals surface area contributed by atoms with E-state index in [1.54, 1.807) is 6.92 Å². The molecule has 2 rings (SSSR count). The Kier molecular flexibility index (Phi) is 6.51. The quantitative estimate of drug-likeness (QED) is 0.839. The van der Waals surface area contributed by atoms with Crippen molar-refractivity contribution in [3.63, 3.8) is 0 Å². The third-order valence-corrected chi connectivity index (χ3v) is 3.79. The van der Waals surface area contributed by atoms with Crippen molar-refractivity contribution in [1.82, 2.24) is 10.2 Å². The molecule has 2 amide bonds. The number of ether oxygens (including phenoxy) is 1. The Morgan fingerprint density at radius 2 is 1.76 bits per heavy atom. The van der Waals surface area contributed by atoms with Gasteiger partial charge in [-0.1, -0.05) is 30.3 Å². The molecule has 0 bridgehead atoms. The van der Waals surface area contributed by atoms with Crippen molar-refractivity contribution < 1.29 is 18.7 Å². The summed E-state index contributed by atoms with van der Waals surface area (Å²) < 4.78 is 18.3. The molecule has 1 atom stereocenters. The average molecular weight is 344 g/mol. The SMILES string of the molecule is CNC(=O)[C@H](C)N(Cc1ccccc1)C(=O)COc1ccc(F)cc1. The first kappa shape index (κ1) is 18.4. The van der Waals surface area contributed by atoms with E-state index in [1.165, 1.54) is 36.2 Å². The highest BCUT2D eigenvalue weighted by molar-refractivity contribution is 5.87. The van der Waals surface area contributed by atoms with Crippen molar-refractivity contribution in [3.05, 3.63) is 66.0 Å². The number of amides is 2. The molecule has 0 fully saturated rings. The van der Waals surface area contributed by atoms with Gasteiger partial charge in [-0.2, -0.15) is 0 Å². The van der Waals surface area contributed by atoms with Crippen LogP contribution in [-0.4, -0.2) is 36.4 Å². The largest absolute Gasteiger partial charge is 0.484 e. The number of benzene rings is 2. The van der Waals surface area contributed by atoms with Gasteiger partial charge in [0.1, 0.15) is 17.6 Å². The van der Waals surface area contributed by atoms with Gasteiger partial charge in [-0.15, -0.1) is 0 Å². The maximum absolute atomic E-state index is 12.9. The van der Waals surface area contributed by atoms with Crippen LogP contribution in [0.2, 0.25) is 0 Å². The topological polar surface area (TPSA) is 58.6 Å². The molecule has 0 aliphatic heterocycles. The minimum Gasteiger partial charge on any atom is -0.484 e. The first-order valence-electron chi connectivity index (χ1n) is 7.94. The molecule has 2 aromatic carbocycles. The molecular formula is C19H21FN2O3. The number of nitrogens with one attached hydrogen (secondary N) is 1. The van der Waals surface area contributed by atoms with E-state index < -0.39 is 6.04 Å². The lowest BCUT2D eigenvalue weighted by Crippen LogP contribution is -2.48. The number of rotatable bonds is 7. The summed E-state index contributed by atoms with van der Waals surface area (Å²) in [6.07, 6.45) is 0. The van der Waals surface area contributed by atoms with E-state index in [2.05, 4.69) is 5.32 Å². The van der Waals surface area contributed by atoms with Gasteiger partial charge in [-0.25, -0.2) is 4.39 Å². The highest BCUT2D eigenvalue weighted by atomic mass is 19.1. The zero-order chi connectivity index (χ0) is 18.2. The average Bonchev–Trinajstić information content (AvgIpc) is 2.65. The van der Waals surface area contributed by atoms with Gasteiger partial charge in [0.25, 0.3) is 5.91 Å². The van der Waals surface area contributed by atoms with E-state index in [4.69, 9.17) is 4.74 Å². The summed E-state index contributed by atoms with van der Waals surface area (Å²) in [6, 6.07) is 14.2. The van der Waals surface area contributed by atoms with Crippen molar-refractivity contribution in [2.75, 3.05) is 13.7 Å². The van der Waals surface area contributed by atoms with E-state index in [1.807, 2.05) is 30.3 Å². The molecule has 1 N–H and O–H groups in total. The third kappa shape index (κ3) is 5.31. The lowest BCUT2D eigenvalue weighted by molar-refractivity contribution is -0.142. The molecule has 0 radical (unpaired) electrons. The standard InChI is InChI=1S/C19H21FN2O3/c1-14(19(24)21-2)22(12-15-6-4-3-5-7-15)18(23)13-25-17-10-8-16(20)9-11-17/h3-11,14H,12-13H2,1-2H3,(H,21,24)/t14-/m0/s1. The Hall–Kier alpha value is -2.89. The first-order chi connectivity index (χ1) is 12.0. The van der Waals surface area contributed by atoms with Crippen LogP contribution in [0.3, 0.4) is 0 Å². The molecule has 0 aromatic heterocycles. The van der Waals surface area contributed by atoms with E-state index >= 15 is 0 Å². The molecule has 0 heterocycles. The summed E-state index contributed by atoms with van der Waals surface area (Å²) >= 11 is 0. The molecule has 0 saturated heterocycles. The van der Waals surface area contributed by atoms with Crippen LogP contribution in [0.1, 0.15) is 12.5 Å². The Morgan fingerprint density at radius 1 is 1.12 bits per heavy atom. The molecule has 0 saturated carbocycles. The molecule has 132 valence electrons. The number of nitrogens with zero attached hydrogens (tertiary/aromatic N) is 1. The molecule has 2 aromatic rings. The molecule has 25 heavy (non-hydrogen) atoms. The van der Waals surface area contributed by atoms with Crippen LogP contribution in [0, 0.1) is 5.82 Å². The lowest BCUT2D eigenvalue weighted by atomic mass is 10.1. The number of hydrogen-bond acceptors (Lipinski definition) is 3. The van der Waals surface area contributed by atoms with Crippen LogP contribution in [-0.2, 0) is 16.1 Å². The second-order valence-electron chi connectivity index (χ2n) is 5.54. The van der Waals surface area contributed by atoms with Crippen molar-refractivity contribution in [3.8, 4) is 5.75 Å². The Labute approximate surface area is 146 Å². The van der Waals surface area contributed by atoms with Gasteiger partial charge in [-0.05, 0) is 36.8 Å². The van der Waals surface area contributed by atoms with E-state index in [-0.39, 0.29) is 24.2 Å². The van der Waals surface area contributed by atoms with Crippen molar-refractivity contribution in [2.24, 2.45) is 0 Å². The predicted octanol–water partition coefficient (Wildman–Crippen LogP) is 2.37. The number of likely N-dealkylation sites (N-methyl/N-ethyl adjacent to an activating group) is 1. The van der Waals surface area contributed by atoms with Crippen LogP contribution < -0.4 is 10.1 Å². The van der Waals surface area contributed by atoms with Crippen LogP contribution in [0.5, 0.6) is 5.75 Å². The summed E-state index contributed by atoms with van der Waals surface area (Å²) in [7, 11) is 1.53. The molecule has 0 aliphatic carbocycles. The monoisotopic (exact) mass is 344 g/mol. The van der Waals surface area contributed by atoms with Crippen molar-refractivity contribution in [2.45, 2.75) is 19.5 Å². The molecule has 5 nitrogen and oxygen atoms in total. The van der Waals surface area contributed by atoms with E-state index in [0.717, 1.165) is 5.56 Å². The van der Waals surface area contributed by atoms with Crippen molar-refractivity contribution >= 4 is 11.8 Å². The summed E-state index contributed by atoms with van der Waals surface area (Å²) in [5.41, 5.74) is 0.911. The Balaban J connectivity index is 2.08. The van der Waals surface area contributed by atoms with Crippen LogP contribution in [0.25, 0.3) is 0 Å². The fourth-order valence-electron chi connectivity index (χ4n) is 2.33. The van der Waals surface area contributed by atoms with E-state index in [9.17, 15) is 14.0 Å². The van der Waals surface area contributed by atoms with Crippen LogP contribution in [0.4, 0.5) is 4.39 Å². The van der Waals surface area contributed by atoms with E-state index in [0.29, 0.717) is 12.3 Å². The van der Waals surface area contributed by atoms with Gasteiger partial charge in [0.2, 0.25) is 5.91 Å². The maximum Gasteiger partial charge on any atom is 0.261 e. The fraction of sp³-hybridized carbons (Fsp3) is 0.263. The van der Waals surface area contributed by atoms with Gasteiger partial charge >= 0.3 is 0 Å². The Bertz CT molecular complexity index is 704. The molecule has 6 heteroatoms. The molecule has 0 unspecified atom stereocenters. The summed E-state index contributed by atoms with van der Waals surface area (Å²) in [6.45, 7) is 1.72. The van der Waals surface area contributed by atoms with Crippen LogP contribution in [0.15, 0.2) is 54.6 Å². The minimum absolute atomic E-state index is 0.236. The zero-order valence-electron chi connectivity index (χ0n) is 14.2. The lowest BCUT2D eigenvalue weighted by Gasteiger charge is -2.28. The molecular weight excluding hydrogens is 323 g/mol. The summed E-state index contributed by atoms with van der Waals surface area (Å²) in [5.74, 6) is -0.574. The summed E-state index contributed by atoms with van der Waals surface area (Å²) in [5, 5.41) is 2.55. The number of carbonyl (C=O) groups excluding carboxylic acids is 2. The number of halogens is 1. The highest BCUT2D eigenvalue weighted by Gasteiger charge is 2.25. The number of carbonyl (C=O) groups is 2. The first-order valence-corrected chi connectivity index (χ1v) is 7.94. The van der Waals surface area contributed by atoms with Gasteiger partial charge in [0, 0.05) is 13.6 Å². The Morgan fingerprint density at radius 3 is 2.36 bits per heavy atom. The molecule has 0 spiro atoms. The highest BCUT2D eigenvalue weighted by Crippen LogP contribution is 2.13. The minimum atomic E-state index is -0.644. The second-order valence-corrected chi connectivity index (χ2v) is 5.54. The predicted molar refractivity (Wildman–Crippen MR) is 92.4 cm³/mol. The second kappa shape index (κ2) is 8.82. The molecule has 0 aliphatic rings. The maximum atomic E-state index is 12.9. The fourth-order valence-corrected chi connectivity index (χ4v) is 2.33. The van der Waals surface area contributed by atoms with Crippen LogP contribution >= 0.6 is 0 Å². The summed E-state index contributed by atoms with van der Waals surface area (Å²) in [4.78, 5) is 26.0. The normalized spacial score (nSPS) is 11.5. The number of hydrogen-bond donors (Lipinski definition) is 1. The van der Waals surface area contributed by atoms with Gasteiger partial charge in [0.15, 0.2) is 6.61 Å². The van der Waals surface area contributed by atoms with Gasteiger partial charge < -0.3 is 15.0 Å². The van der Waals surface area contributed by atoms with Crippen molar-refractivity contribution in [1.29, 1.82) is 0 Å². The van der Waals surface area contributed by atoms with Gasteiger partial charge in [0.05, 0.1) is 0 Å². The zero-order valence-corrected chi connectivity index (χ0v) is 14.2.